The van der Waals surface area contributed by atoms with Crippen LogP contribution in [0.25, 0.3) is 16.6 Å². The number of fused-ring (bicyclic) bond motifs is 3. The first-order valence-electron chi connectivity index (χ1n) is 8.60. The third-order valence-electron chi connectivity index (χ3n) is 4.35. The van der Waals surface area contributed by atoms with Gasteiger partial charge in [0.25, 0.3) is 0 Å². The number of aromatic nitrogens is 3. The van der Waals surface area contributed by atoms with Gasteiger partial charge in [-0.3, -0.25) is 4.40 Å². The van der Waals surface area contributed by atoms with Crippen LogP contribution in [-0.2, 0) is 0 Å². The minimum absolute atomic E-state index is 0.0846. The van der Waals surface area contributed by atoms with Crippen LogP contribution in [0.2, 0.25) is 10.0 Å². The molecule has 4 aromatic rings. The molecular formula is C19H13Cl2F3N4O3. The van der Waals surface area contributed by atoms with Crippen LogP contribution in [0.15, 0.2) is 36.8 Å². The summed E-state index contributed by atoms with van der Waals surface area (Å²) in [5, 5.41) is 2.80. The third-order valence-corrected chi connectivity index (χ3v) is 4.94. The summed E-state index contributed by atoms with van der Waals surface area (Å²) in [6, 6.07) is 5.45. The highest BCUT2D eigenvalue weighted by atomic mass is 35.5. The Balaban J connectivity index is 1.82. The highest BCUT2D eigenvalue weighted by molar-refractivity contribution is 6.39. The molecule has 2 heterocycles. The lowest BCUT2D eigenvalue weighted by Gasteiger charge is -2.16. The number of hydrogen-bond donors (Lipinski definition) is 1. The van der Waals surface area contributed by atoms with Gasteiger partial charge in [-0.15, -0.1) is 13.2 Å². The number of alkyl halides is 3. The number of hydrogen-bond acceptors (Lipinski definition) is 6. The van der Waals surface area contributed by atoms with Crippen LogP contribution in [0, 0.1) is 0 Å². The molecule has 12 heteroatoms. The highest BCUT2D eigenvalue weighted by Crippen LogP contribution is 2.39. The van der Waals surface area contributed by atoms with Gasteiger partial charge in [0.2, 0.25) is 0 Å². The zero-order chi connectivity index (χ0) is 22.3. The average molecular weight is 473 g/mol. The number of benzene rings is 2. The van der Waals surface area contributed by atoms with Crippen molar-refractivity contribution in [1.29, 1.82) is 0 Å². The van der Waals surface area contributed by atoms with E-state index in [2.05, 4.69) is 20.0 Å². The van der Waals surface area contributed by atoms with Crippen LogP contribution in [0.1, 0.15) is 0 Å². The summed E-state index contributed by atoms with van der Waals surface area (Å²) in [6.07, 6.45) is -1.72. The molecule has 0 bridgehead atoms. The van der Waals surface area contributed by atoms with E-state index in [4.69, 9.17) is 32.7 Å². The smallest absolute Gasteiger partial charge is 0.493 e. The summed E-state index contributed by atoms with van der Waals surface area (Å²) < 4.78 is 53.8. The van der Waals surface area contributed by atoms with Crippen molar-refractivity contribution in [2.24, 2.45) is 0 Å². The van der Waals surface area contributed by atoms with Crippen molar-refractivity contribution in [2.45, 2.75) is 6.36 Å². The van der Waals surface area contributed by atoms with Crippen LogP contribution in [0.5, 0.6) is 17.2 Å². The second-order valence-electron chi connectivity index (χ2n) is 6.24. The Morgan fingerprint density at radius 2 is 1.61 bits per heavy atom. The summed E-state index contributed by atoms with van der Waals surface area (Å²) in [5.74, 6) is 0.771. The van der Waals surface area contributed by atoms with E-state index in [1.807, 2.05) is 0 Å². The molecule has 2 aromatic heterocycles. The molecule has 0 saturated heterocycles. The molecule has 0 radical (unpaired) electrons. The highest BCUT2D eigenvalue weighted by Gasteiger charge is 2.31. The summed E-state index contributed by atoms with van der Waals surface area (Å²) in [5.41, 5.74) is 1.97. The summed E-state index contributed by atoms with van der Waals surface area (Å²) >= 11 is 12.3. The van der Waals surface area contributed by atoms with Crippen molar-refractivity contribution < 1.29 is 27.4 Å². The number of nitrogens with one attached hydrogen (secondary N) is 1. The van der Waals surface area contributed by atoms with Crippen molar-refractivity contribution in [3.8, 4) is 17.2 Å². The van der Waals surface area contributed by atoms with E-state index in [-0.39, 0.29) is 15.7 Å². The fourth-order valence-corrected chi connectivity index (χ4v) is 3.61. The van der Waals surface area contributed by atoms with Crippen molar-refractivity contribution >= 4 is 51.3 Å². The van der Waals surface area contributed by atoms with E-state index in [1.165, 1.54) is 14.2 Å². The Morgan fingerprint density at radius 3 is 2.23 bits per heavy atom. The van der Waals surface area contributed by atoms with Gasteiger partial charge in [-0.25, -0.2) is 9.97 Å². The van der Waals surface area contributed by atoms with Crippen LogP contribution in [0.4, 0.5) is 24.7 Å². The lowest BCUT2D eigenvalue weighted by Crippen LogP contribution is -2.17. The maximum atomic E-state index is 12.5. The lowest BCUT2D eigenvalue weighted by molar-refractivity contribution is -0.274. The van der Waals surface area contributed by atoms with E-state index >= 15 is 0 Å². The van der Waals surface area contributed by atoms with E-state index < -0.39 is 12.1 Å². The number of methoxy groups -OCH3 is 2. The molecule has 0 aliphatic carbocycles. The van der Waals surface area contributed by atoms with Gasteiger partial charge in [-0.1, -0.05) is 23.2 Å². The van der Waals surface area contributed by atoms with Gasteiger partial charge >= 0.3 is 6.36 Å². The molecule has 7 nitrogen and oxygen atoms in total. The van der Waals surface area contributed by atoms with Gasteiger partial charge < -0.3 is 19.5 Å². The zero-order valence-electron chi connectivity index (χ0n) is 15.9. The maximum Gasteiger partial charge on any atom is 0.573 e. The van der Waals surface area contributed by atoms with Crippen molar-refractivity contribution in [3.05, 3.63) is 46.8 Å². The van der Waals surface area contributed by atoms with Crippen LogP contribution >= 0.6 is 23.2 Å². The van der Waals surface area contributed by atoms with Crippen LogP contribution < -0.4 is 19.5 Å². The monoisotopic (exact) mass is 472 g/mol. The summed E-state index contributed by atoms with van der Waals surface area (Å²) in [4.78, 5) is 8.73. The summed E-state index contributed by atoms with van der Waals surface area (Å²) in [7, 11) is 3.02. The Hall–Kier alpha value is -3.11. The fraction of sp³-hybridized carbons (Fsp3) is 0.158. The number of imidazole rings is 1. The molecule has 0 aliphatic rings. The number of anilines is 2. The maximum absolute atomic E-state index is 12.5. The first kappa shape index (κ1) is 21.1. The first-order chi connectivity index (χ1) is 14.7. The quantitative estimate of drug-likeness (QED) is 0.392. The second kappa shape index (κ2) is 7.86. The first-order valence-corrected chi connectivity index (χ1v) is 9.35. The third kappa shape index (κ3) is 4.08. The number of rotatable bonds is 5. The number of halogens is 5. The Morgan fingerprint density at radius 1 is 0.968 bits per heavy atom. The number of ether oxygens (including phenoxy) is 3. The molecule has 0 fully saturated rings. The molecule has 0 amide bonds. The van der Waals surface area contributed by atoms with E-state index in [1.54, 1.807) is 29.1 Å². The Labute approximate surface area is 183 Å². The van der Waals surface area contributed by atoms with Crippen LogP contribution in [-0.4, -0.2) is 35.0 Å². The van der Waals surface area contributed by atoms with Crippen LogP contribution in [0.3, 0.4) is 0 Å². The van der Waals surface area contributed by atoms with Gasteiger partial charge in [-0.2, -0.15) is 0 Å². The molecule has 0 atom stereocenters. The predicted octanol–water partition coefficient (Wildman–Crippen LogP) is 5.85. The van der Waals surface area contributed by atoms with Crippen molar-refractivity contribution in [1.82, 2.24) is 14.4 Å². The van der Waals surface area contributed by atoms with E-state index in [9.17, 15) is 13.2 Å². The number of nitrogens with zero attached hydrogens (tertiary/aromatic N) is 3. The molecule has 4 rings (SSSR count). The molecule has 162 valence electrons. The molecule has 2 aromatic carbocycles. The van der Waals surface area contributed by atoms with Gasteiger partial charge in [0.1, 0.15) is 11.3 Å². The SMILES string of the molecule is COc1cc2nc(Nc3c(Cl)cc(OC(F)(F)F)cc3Cl)c3cncn3c2cc1OC. The van der Waals surface area contributed by atoms with Crippen molar-refractivity contribution in [2.75, 3.05) is 19.5 Å². The Bertz CT molecular complexity index is 1270. The molecule has 0 aliphatic heterocycles. The predicted molar refractivity (Wildman–Crippen MR) is 110 cm³/mol. The topological polar surface area (TPSA) is 69.9 Å². The van der Waals surface area contributed by atoms with E-state index in [0.29, 0.717) is 33.9 Å². The van der Waals surface area contributed by atoms with Crippen molar-refractivity contribution in [3.63, 3.8) is 0 Å². The normalized spacial score (nSPS) is 11.7. The Kier molecular flexibility index (Phi) is 5.36. The van der Waals surface area contributed by atoms with E-state index in [0.717, 1.165) is 12.1 Å². The molecular weight excluding hydrogens is 460 g/mol. The zero-order valence-corrected chi connectivity index (χ0v) is 17.4. The minimum Gasteiger partial charge on any atom is -0.493 e. The minimum atomic E-state index is -4.87. The molecule has 0 saturated carbocycles. The van der Waals surface area contributed by atoms with Gasteiger partial charge in [0.05, 0.1) is 53.5 Å². The van der Waals surface area contributed by atoms with Gasteiger partial charge in [-0.05, 0) is 0 Å². The summed E-state index contributed by atoms with van der Waals surface area (Å²) in [6.45, 7) is 0. The lowest BCUT2D eigenvalue weighted by atomic mass is 10.2. The molecule has 31 heavy (non-hydrogen) atoms. The largest absolute Gasteiger partial charge is 0.573 e. The second-order valence-corrected chi connectivity index (χ2v) is 7.05. The standard InChI is InChI=1S/C19H13Cl2F3N4O3/c1-29-15-5-12-13(6-16(15)30-2)28-8-25-7-14(28)18(26-12)27-17-10(20)3-9(4-11(17)21)31-19(22,23)24/h3-8H,1-2H3,(H,26,27). The van der Waals surface area contributed by atoms with Gasteiger partial charge in [0.15, 0.2) is 17.3 Å². The van der Waals surface area contributed by atoms with Gasteiger partial charge in [0, 0.05) is 24.3 Å². The average Bonchev–Trinajstić information content (AvgIpc) is 3.18. The molecule has 0 unspecified atom stereocenters. The molecule has 0 spiro atoms. The molecule has 1 N–H and O–H groups in total. The fourth-order valence-electron chi connectivity index (χ4n) is 3.05.